The first kappa shape index (κ1) is 12.0. The van der Waals surface area contributed by atoms with Crippen molar-refractivity contribution in [1.29, 1.82) is 0 Å². The fourth-order valence-corrected chi connectivity index (χ4v) is 1.84. The summed E-state index contributed by atoms with van der Waals surface area (Å²) in [5.74, 6) is 0.148. The van der Waals surface area contributed by atoms with Crippen LogP contribution in [0.15, 0.2) is 18.2 Å². The van der Waals surface area contributed by atoms with Crippen LogP contribution < -0.4 is 0 Å². The van der Waals surface area contributed by atoms with E-state index in [0.29, 0.717) is 5.41 Å². The smallest absolute Gasteiger partial charge is 0.160 e. The third-order valence-electron chi connectivity index (χ3n) is 2.40. The highest BCUT2D eigenvalue weighted by Gasteiger charge is 2.12. The molecule has 1 aromatic rings. The van der Waals surface area contributed by atoms with Gasteiger partial charge in [-0.1, -0.05) is 39.0 Å². The van der Waals surface area contributed by atoms with Crippen LogP contribution in [0.1, 0.15) is 49.2 Å². The van der Waals surface area contributed by atoms with Crippen molar-refractivity contribution in [3.8, 4) is 0 Å². The zero-order valence-corrected chi connectivity index (χ0v) is 10.3. The minimum atomic E-state index is 0.148. The topological polar surface area (TPSA) is 17.1 Å². The number of ketones is 1. The van der Waals surface area contributed by atoms with Gasteiger partial charge >= 0.3 is 0 Å². The third-order valence-corrected chi connectivity index (χ3v) is 2.40. The van der Waals surface area contributed by atoms with Crippen molar-refractivity contribution in [2.24, 2.45) is 5.41 Å². The molecule has 0 amide bonds. The zero-order chi connectivity index (χ0) is 11.6. The molecule has 1 heteroatoms. The second-order valence-electron chi connectivity index (χ2n) is 5.44. The molecule has 1 rings (SSSR count). The Morgan fingerprint density at radius 1 is 1.27 bits per heavy atom. The van der Waals surface area contributed by atoms with E-state index in [1.165, 1.54) is 5.56 Å². The summed E-state index contributed by atoms with van der Waals surface area (Å²) in [7, 11) is 0. The Bertz CT molecular complexity index is 369. The number of hydrogen-bond acceptors (Lipinski definition) is 1. The molecular formula is C14H20O. The van der Waals surface area contributed by atoms with Crippen molar-refractivity contribution < 1.29 is 4.79 Å². The quantitative estimate of drug-likeness (QED) is 0.670. The standard InChI is InChI=1S/C14H20O/c1-10-8-12(9-14(3,4)5)6-7-13(10)11(2)15/h6-8H,9H2,1-5H3. The molecule has 0 aliphatic carbocycles. The molecule has 0 unspecified atom stereocenters. The summed E-state index contributed by atoms with van der Waals surface area (Å²) < 4.78 is 0. The average molecular weight is 204 g/mol. The van der Waals surface area contributed by atoms with Crippen LogP contribution in [0.25, 0.3) is 0 Å². The maximum atomic E-state index is 11.3. The van der Waals surface area contributed by atoms with Crippen LogP contribution in [-0.4, -0.2) is 5.78 Å². The third kappa shape index (κ3) is 3.50. The SMILES string of the molecule is CC(=O)c1ccc(CC(C)(C)C)cc1C. The minimum absolute atomic E-state index is 0.148. The molecule has 82 valence electrons. The summed E-state index contributed by atoms with van der Waals surface area (Å²) in [6, 6.07) is 6.13. The van der Waals surface area contributed by atoms with Gasteiger partial charge in [-0.3, -0.25) is 4.79 Å². The van der Waals surface area contributed by atoms with Crippen LogP contribution in [0, 0.1) is 12.3 Å². The molecule has 0 bridgehead atoms. The molecule has 0 atom stereocenters. The highest BCUT2D eigenvalue weighted by molar-refractivity contribution is 5.95. The lowest BCUT2D eigenvalue weighted by molar-refractivity contribution is 0.101. The molecule has 0 fully saturated rings. The monoisotopic (exact) mass is 204 g/mol. The van der Waals surface area contributed by atoms with E-state index in [0.717, 1.165) is 17.5 Å². The highest BCUT2D eigenvalue weighted by Crippen LogP contribution is 2.22. The van der Waals surface area contributed by atoms with Crippen molar-refractivity contribution in [2.75, 3.05) is 0 Å². The predicted molar refractivity (Wildman–Crippen MR) is 64.3 cm³/mol. The van der Waals surface area contributed by atoms with Crippen molar-refractivity contribution in [3.05, 3.63) is 34.9 Å². The fourth-order valence-electron chi connectivity index (χ4n) is 1.84. The maximum absolute atomic E-state index is 11.3. The largest absolute Gasteiger partial charge is 0.295 e. The highest BCUT2D eigenvalue weighted by atomic mass is 16.1. The molecular weight excluding hydrogens is 184 g/mol. The van der Waals surface area contributed by atoms with Crippen molar-refractivity contribution >= 4 is 5.78 Å². The molecule has 0 aromatic heterocycles. The Hall–Kier alpha value is -1.11. The van der Waals surface area contributed by atoms with E-state index >= 15 is 0 Å². The van der Waals surface area contributed by atoms with Gasteiger partial charge in [-0.15, -0.1) is 0 Å². The lowest BCUT2D eigenvalue weighted by Gasteiger charge is -2.18. The molecule has 0 saturated carbocycles. The number of carbonyl (C=O) groups excluding carboxylic acids is 1. The molecule has 0 radical (unpaired) electrons. The molecule has 1 nitrogen and oxygen atoms in total. The summed E-state index contributed by atoms with van der Waals surface area (Å²) >= 11 is 0. The van der Waals surface area contributed by atoms with Crippen LogP contribution >= 0.6 is 0 Å². The maximum Gasteiger partial charge on any atom is 0.160 e. The second-order valence-corrected chi connectivity index (χ2v) is 5.44. The van der Waals surface area contributed by atoms with Gasteiger partial charge in [-0.25, -0.2) is 0 Å². The Labute approximate surface area is 92.5 Å². The van der Waals surface area contributed by atoms with Crippen molar-refractivity contribution in [1.82, 2.24) is 0 Å². The van der Waals surface area contributed by atoms with E-state index in [-0.39, 0.29) is 5.78 Å². The fraction of sp³-hybridized carbons (Fsp3) is 0.500. The van der Waals surface area contributed by atoms with Crippen molar-refractivity contribution in [3.63, 3.8) is 0 Å². The number of hydrogen-bond donors (Lipinski definition) is 0. The Morgan fingerprint density at radius 2 is 1.87 bits per heavy atom. The Morgan fingerprint density at radius 3 is 2.27 bits per heavy atom. The first-order valence-electron chi connectivity index (χ1n) is 5.40. The molecule has 0 N–H and O–H groups in total. The van der Waals surface area contributed by atoms with Gasteiger partial charge in [0.25, 0.3) is 0 Å². The van der Waals surface area contributed by atoms with Gasteiger partial charge in [0.05, 0.1) is 0 Å². The molecule has 1 aromatic carbocycles. The molecule has 0 aliphatic heterocycles. The van der Waals surface area contributed by atoms with E-state index in [1.54, 1.807) is 6.92 Å². The normalized spacial score (nSPS) is 11.5. The van der Waals surface area contributed by atoms with Gasteiger partial charge in [-0.05, 0) is 36.8 Å². The van der Waals surface area contributed by atoms with E-state index < -0.39 is 0 Å². The lowest BCUT2D eigenvalue weighted by atomic mass is 9.87. The number of Topliss-reactive ketones (excluding diaryl/α,β-unsaturated/α-hetero) is 1. The van der Waals surface area contributed by atoms with Crippen LogP contribution in [0.5, 0.6) is 0 Å². The lowest BCUT2D eigenvalue weighted by Crippen LogP contribution is -2.09. The first-order chi connectivity index (χ1) is 6.79. The van der Waals surface area contributed by atoms with E-state index in [4.69, 9.17) is 0 Å². The van der Waals surface area contributed by atoms with Gasteiger partial charge < -0.3 is 0 Å². The summed E-state index contributed by atoms with van der Waals surface area (Å²) in [6.45, 7) is 10.3. The summed E-state index contributed by atoms with van der Waals surface area (Å²) in [4.78, 5) is 11.3. The van der Waals surface area contributed by atoms with Crippen molar-refractivity contribution in [2.45, 2.75) is 41.0 Å². The van der Waals surface area contributed by atoms with Gasteiger partial charge in [0.2, 0.25) is 0 Å². The summed E-state index contributed by atoms with van der Waals surface area (Å²) in [5, 5.41) is 0. The minimum Gasteiger partial charge on any atom is -0.295 e. The number of carbonyl (C=O) groups is 1. The molecule has 15 heavy (non-hydrogen) atoms. The molecule has 0 aliphatic rings. The van der Waals surface area contributed by atoms with Gasteiger partial charge in [-0.2, -0.15) is 0 Å². The number of benzene rings is 1. The van der Waals surface area contributed by atoms with E-state index in [9.17, 15) is 4.79 Å². The Kier molecular flexibility index (Phi) is 3.33. The van der Waals surface area contributed by atoms with Crippen LogP contribution in [0.4, 0.5) is 0 Å². The Balaban J connectivity index is 2.97. The van der Waals surface area contributed by atoms with Crippen LogP contribution in [0.2, 0.25) is 0 Å². The molecule has 0 heterocycles. The molecule has 0 saturated heterocycles. The van der Waals surface area contributed by atoms with Crippen LogP contribution in [-0.2, 0) is 6.42 Å². The number of aryl methyl sites for hydroxylation is 1. The first-order valence-corrected chi connectivity index (χ1v) is 5.40. The second kappa shape index (κ2) is 4.18. The zero-order valence-electron chi connectivity index (χ0n) is 10.3. The predicted octanol–water partition coefficient (Wildman–Crippen LogP) is 3.79. The van der Waals surface area contributed by atoms with Gasteiger partial charge in [0.15, 0.2) is 5.78 Å². The van der Waals surface area contributed by atoms with Crippen LogP contribution in [0.3, 0.4) is 0 Å². The summed E-state index contributed by atoms with van der Waals surface area (Å²) in [6.07, 6.45) is 1.05. The van der Waals surface area contributed by atoms with E-state index in [1.807, 2.05) is 13.0 Å². The average Bonchev–Trinajstić information content (AvgIpc) is 1.99. The van der Waals surface area contributed by atoms with E-state index in [2.05, 4.69) is 32.9 Å². The molecule has 0 spiro atoms. The van der Waals surface area contributed by atoms with Gasteiger partial charge in [0.1, 0.15) is 0 Å². The van der Waals surface area contributed by atoms with Gasteiger partial charge in [0, 0.05) is 5.56 Å². The summed E-state index contributed by atoms with van der Waals surface area (Å²) in [5.41, 5.74) is 3.53. The number of rotatable bonds is 2.